The summed E-state index contributed by atoms with van der Waals surface area (Å²) in [5.41, 5.74) is 2.96. The van der Waals surface area contributed by atoms with Crippen molar-refractivity contribution in [3.8, 4) is 0 Å². The first kappa shape index (κ1) is 8.44. The van der Waals surface area contributed by atoms with E-state index < -0.39 is 0 Å². The largest absolute Gasteiger partial charge is 0.359 e. The van der Waals surface area contributed by atoms with E-state index in [0.29, 0.717) is 6.71 Å². The van der Waals surface area contributed by atoms with Gasteiger partial charge in [0, 0.05) is 7.05 Å². The summed E-state index contributed by atoms with van der Waals surface area (Å²) in [4.78, 5) is 2.14. The number of hydrogen-bond acceptors (Lipinski definition) is 1. The predicted molar refractivity (Wildman–Crippen MR) is 51.5 cm³/mol. The molecule has 1 nitrogen and oxygen atoms in total. The van der Waals surface area contributed by atoms with Crippen molar-refractivity contribution in [2.45, 2.75) is 27.1 Å². The Morgan fingerprint density at radius 1 is 1.27 bits per heavy atom. The maximum Gasteiger partial charge on any atom is 0.202 e. The van der Waals surface area contributed by atoms with Crippen LogP contribution >= 0.6 is 0 Å². The molecule has 0 aliphatic carbocycles. The Hall–Kier alpha value is -0.655. The first-order valence-electron chi connectivity index (χ1n) is 4.23. The lowest BCUT2D eigenvalue weighted by Gasteiger charge is -2.23. The lowest BCUT2D eigenvalue weighted by molar-refractivity contribution is 0.615. The Morgan fingerprint density at radius 2 is 1.73 bits per heavy atom. The zero-order valence-corrected chi connectivity index (χ0v) is 7.89. The van der Waals surface area contributed by atoms with Gasteiger partial charge in [-0.25, -0.2) is 0 Å². The SMILES string of the molecule is CCB1C(C)=CN(C)C=C1C. The molecular weight excluding hydrogens is 133 g/mol. The number of nitrogens with zero attached hydrogens (tertiary/aromatic N) is 1. The van der Waals surface area contributed by atoms with E-state index in [9.17, 15) is 0 Å². The molecule has 0 saturated heterocycles. The molecule has 2 heteroatoms. The maximum atomic E-state index is 2.24. The molecule has 0 saturated carbocycles. The molecular formula is C9H16BN. The molecule has 0 aromatic heterocycles. The summed E-state index contributed by atoms with van der Waals surface area (Å²) in [5, 5.41) is 0. The van der Waals surface area contributed by atoms with Crippen LogP contribution in [0.3, 0.4) is 0 Å². The third-order valence-electron chi connectivity index (χ3n) is 2.32. The standard InChI is InChI=1S/C9H16BN/c1-5-10-8(2)6-11(4)7-9(10)3/h6-7H,5H2,1-4H3. The normalized spacial score (nSPS) is 18.2. The molecule has 1 rings (SSSR count). The molecule has 0 aromatic rings. The molecule has 0 N–H and O–H groups in total. The van der Waals surface area contributed by atoms with Gasteiger partial charge in [0.25, 0.3) is 0 Å². The molecule has 0 aromatic carbocycles. The first-order chi connectivity index (χ1) is 5.15. The quantitative estimate of drug-likeness (QED) is 0.517. The summed E-state index contributed by atoms with van der Waals surface area (Å²) in [6.07, 6.45) is 5.64. The summed E-state index contributed by atoms with van der Waals surface area (Å²) in [5.74, 6) is 0. The highest BCUT2D eigenvalue weighted by Crippen LogP contribution is 2.19. The number of allylic oxidation sites excluding steroid dienone is 2. The zero-order chi connectivity index (χ0) is 8.43. The first-order valence-corrected chi connectivity index (χ1v) is 4.23. The fourth-order valence-electron chi connectivity index (χ4n) is 1.86. The number of hydrogen-bond donors (Lipinski definition) is 0. The average molecular weight is 149 g/mol. The second-order valence-corrected chi connectivity index (χ2v) is 3.37. The summed E-state index contributed by atoms with van der Waals surface area (Å²) in [6.45, 7) is 7.35. The zero-order valence-electron chi connectivity index (χ0n) is 7.89. The average Bonchev–Trinajstić information content (AvgIpc) is 1.85. The molecule has 11 heavy (non-hydrogen) atoms. The van der Waals surface area contributed by atoms with Crippen LogP contribution in [0.5, 0.6) is 0 Å². The van der Waals surface area contributed by atoms with Crippen LogP contribution in [0.1, 0.15) is 20.8 Å². The molecule has 1 aliphatic rings. The summed E-state index contributed by atoms with van der Waals surface area (Å²) < 4.78 is 0. The van der Waals surface area contributed by atoms with E-state index in [1.165, 1.54) is 17.3 Å². The van der Waals surface area contributed by atoms with Gasteiger partial charge >= 0.3 is 0 Å². The van der Waals surface area contributed by atoms with Crippen LogP contribution in [0.15, 0.2) is 23.3 Å². The minimum absolute atomic E-state index is 0.686. The fourth-order valence-corrected chi connectivity index (χ4v) is 1.86. The van der Waals surface area contributed by atoms with E-state index in [0.717, 1.165) is 0 Å². The van der Waals surface area contributed by atoms with Crippen molar-refractivity contribution in [2.75, 3.05) is 7.05 Å². The lowest BCUT2D eigenvalue weighted by Crippen LogP contribution is -2.24. The topological polar surface area (TPSA) is 3.24 Å². The van der Waals surface area contributed by atoms with Crippen LogP contribution in [0.4, 0.5) is 0 Å². The Bertz CT molecular complexity index is 186. The van der Waals surface area contributed by atoms with E-state index in [4.69, 9.17) is 0 Å². The van der Waals surface area contributed by atoms with Gasteiger partial charge in [0.1, 0.15) is 0 Å². The molecule has 0 fully saturated rings. The van der Waals surface area contributed by atoms with Crippen LogP contribution < -0.4 is 0 Å². The Labute approximate surface area is 69.9 Å². The maximum absolute atomic E-state index is 2.24. The van der Waals surface area contributed by atoms with Gasteiger partial charge in [-0.1, -0.05) is 24.2 Å². The van der Waals surface area contributed by atoms with Gasteiger partial charge in [-0.2, -0.15) is 0 Å². The molecule has 0 unspecified atom stereocenters. The van der Waals surface area contributed by atoms with Gasteiger partial charge < -0.3 is 4.90 Å². The molecule has 0 radical (unpaired) electrons. The third kappa shape index (κ3) is 1.68. The van der Waals surface area contributed by atoms with Gasteiger partial charge in [0.15, 0.2) is 0 Å². The van der Waals surface area contributed by atoms with Crippen molar-refractivity contribution in [1.82, 2.24) is 4.90 Å². The van der Waals surface area contributed by atoms with Crippen LogP contribution in [0, 0.1) is 0 Å². The van der Waals surface area contributed by atoms with E-state index in [1.807, 2.05) is 0 Å². The van der Waals surface area contributed by atoms with Crippen LogP contribution in [-0.4, -0.2) is 18.7 Å². The van der Waals surface area contributed by atoms with Gasteiger partial charge in [-0.15, -0.1) is 0 Å². The molecule has 0 bridgehead atoms. The van der Waals surface area contributed by atoms with Gasteiger partial charge in [-0.3, -0.25) is 0 Å². The molecule has 0 spiro atoms. The number of rotatable bonds is 1. The van der Waals surface area contributed by atoms with Crippen molar-refractivity contribution in [3.63, 3.8) is 0 Å². The summed E-state index contributed by atoms with van der Waals surface area (Å²) in [6, 6.07) is 0. The van der Waals surface area contributed by atoms with E-state index in [2.05, 4.69) is 45.1 Å². The Kier molecular flexibility index (Phi) is 2.43. The summed E-state index contributed by atoms with van der Waals surface area (Å²) in [7, 11) is 2.08. The second-order valence-electron chi connectivity index (χ2n) is 3.37. The van der Waals surface area contributed by atoms with Crippen molar-refractivity contribution in [1.29, 1.82) is 0 Å². The van der Waals surface area contributed by atoms with Crippen molar-refractivity contribution in [2.24, 2.45) is 0 Å². The predicted octanol–water partition coefficient (Wildman–Crippen LogP) is 2.33. The van der Waals surface area contributed by atoms with Crippen LogP contribution in [0.25, 0.3) is 0 Å². The molecule has 1 aliphatic heterocycles. The van der Waals surface area contributed by atoms with Crippen LogP contribution in [0.2, 0.25) is 6.32 Å². The molecule has 0 atom stereocenters. The molecule has 60 valence electrons. The monoisotopic (exact) mass is 149 g/mol. The fraction of sp³-hybridized carbons (Fsp3) is 0.556. The Morgan fingerprint density at radius 3 is 2.09 bits per heavy atom. The minimum Gasteiger partial charge on any atom is -0.359 e. The van der Waals surface area contributed by atoms with Crippen molar-refractivity contribution >= 4 is 6.71 Å². The van der Waals surface area contributed by atoms with E-state index in [1.54, 1.807) is 0 Å². The van der Waals surface area contributed by atoms with Crippen molar-refractivity contribution in [3.05, 3.63) is 23.3 Å². The lowest BCUT2D eigenvalue weighted by atomic mass is 9.38. The molecule has 1 heterocycles. The smallest absolute Gasteiger partial charge is 0.202 e. The van der Waals surface area contributed by atoms with E-state index >= 15 is 0 Å². The van der Waals surface area contributed by atoms with Crippen LogP contribution in [-0.2, 0) is 0 Å². The molecule has 0 amide bonds. The van der Waals surface area contributed by atoms with E-state index in [-0.39, 0.29) is 0 Å². The van der Waals surface area contributed by atoms with Crippen molar-refractivity contribution < 1.29 is 0 Å². The minimum atomic E-state index is 0.686. The van der Waals surface area contributed by atoms with Gasteiger partial charge in [0.05, 0.1) is 0 Å². The highest BCUT2D eigenvalue weighted by molar-refractivity contribution is 6.73. The highest BCUT2D eigenvalue weighted by atomic mass is 15.0. The Balaban J connectivity index is 2.82. The van der Waals surface area contributed by atoms with Gasteiger partial charge in [-0.05, 0) is 26.2 Å². The highest BCUT2D eigenvalue weighted by Gasteiger charge is 2.19. The third-order valence-corrected chi connectivity index (χ3v) is 2.32. The second kappa shape index (κ2) is 3.16. The van der Waals surface area contributed by atoms with Gasteiger partial charge in [0.2, 0.25) is 6.71 Å². The summed E-state index contributed by atoms with van der Waals surface area (Å²) >= 11 is 0.